The number of carbonyl (C=O) groups excluding carboxylic acids is 1. The van der Waals surface area contributed by atoms with Gasteiger partial charge in [0.05, 0.1) is 11.6 Å². The van der Waals surface area contributed by atoms with Gasteiger partial charge in [-0.3, -0.25) is 4.79 Å². The fourth-order valence-electron chi connectivity index (χ4n) is 1.55. The molecule has 0 N–H and O–H groups in total. The van der Waals surface area contributed by atoms with Crippen LogP contribution >= 0.6 is 43.2 Å². The Morgan fingerprint density at radius 1 is 1.33 bits per heavy atom. The molecule has 0 radical (unpaired) electrons. The third-order valence-electron chi connectivity index (χ3n) is 2.43. The maximum absolute atomic E-state index is 12.1. The Bertz CT molecular complexity index is 578. The van der Waals surface area contributed by atoms with Crippen LogP contribution in [0.4, 0.5) is 0 Å². The standard InChI is InChI=1S/C13H10Br2O2S/c1-17-13-3-2-8(4-11(13)15)12(16)6-10-5-9(14)7-18-10/h2-5,7H,6H2,1H3. The molecule has 2 aromatic rings. The molecule has 2 rings (SSSR count). The molecule has 0 amide bonds. The number of ether oxygens (including phenoxy) is 1. The van der Waals surface area contributed by atoms with E-state index < -0.39 is 0 Å². The number of thiophene rings is 1. The van der Waals surface area contributed by atoms with E-state index in [0.717, 1.165) is 19.6 Å². The first-order valence-electron chi connectivity index (χ1n) is 5.20. The molecular formula is C13H10Br2O2S. The fourth-order valence-corrected chi connectivity index (χ4v) is 3.54. The molecule has 0 saturated heterocycles. The number of benzene rings is 1. The fraction of sp³-hybridized carbons (Fsp3) is 0.154. The van der Waals surface area contributed by atoms with Crippen LogP contribution in [0.1, 0.15) is 15.2 Å². The second kappa shape index (κ2) is 5.99. The van der Waals surface area contributed by atoms with Crippen LogP contribution in [0.3, 0.4) is 0 Å². The number of Topliss-reactive ketones (excluding diaryl/α,β-unsaturated/α-hetero) is 1. The van der Waals surface area contributed by atoms with Gasteiger partial charge in [0, 0.05) is 26.7 Å². The minimum atomic E-state index is 0.104. The molecule has 1 aromatic carbocycles. The van der Waals surface area contributed by atoms with E-state index in [0.29, 0.717) is 12.0 Å². The molecule has 1 heterocycles. The summed E-state index contributed by atoms with van der Waals surface area (Å²) in [6, 6.07) is 7.35. The third kappa shape index (κ3) is 3.22. The normalized spacial score (nSPS) is 10.4. The van der Waals surface area contributed by atoms with E-state index in [1.54, 1.807) is 36.6 Å². The average Bonchev–Trinajstić information content (AvgIpc) is 2.74. The van der Waals surface area contributed by atoms with E-state index in [1.807, 2.05) is 11.4 Å². The lowest BCUT2D eigenvalue weighted by Gasteiger charge is -2.05. The molecule has 0 atom stereocenters. The zero-order valence-corrected chi connectivity index (χ0v) is 13.6. The smallest absolute Gasteiger partial charge is 0.168 e. The van der Waals surface area contributed by atoms with Gasteiger partial charge in [-0.05, 0) is 56.1 Å². The van der Waals surface area contributed by atoms with E-state index in [-0.39, 0.29) is 5.78 Å². The molecule has 1 aromatic heterocycles. The van der Waals surface area contributed by atoms with Crippen LogP contribution in [0, 0.1) is 0 Å². The van der Waals surface area contributed by atoms with Crippen molar-refractivity contribution in [2.45, 2.75) is 6.42 Å². The molecular weight excluding hydrogens is 380 g/mol. The van der Waals surface area contributed by atoms with Gasteiger partial charge in [0.1, 0.15) is 5.75 Å². The Hall–Kier alpha value is -0.650. The number of halogens is 2. The second-order valence-electron chi connectivity index (χ2n) is 3.68. The molecule has 0 spiro atoms. The summed E-state index contributed by atoms with van der Waals surface area (Å²) in [5.74, 6) is 0.832. The number of hydrogen-bond donors (Lipinski definition) is 0. The molecule has 2 nitrogen and oxygen atoms in total. The quantitative estimate of drug-likeness (QED) is 0.708. The van der Waals surface area contributed by atoms with E-state index in [1.165, 1.54) is 0 Å². The van der Waals surface area contributed by atoms with Crippen molar-refractivity contribution in [2.75, 3.05) is 7.11 Å². The highest BCUT2D eigenvalue weighted by molar-refractivity contribution is 9.10. The lowest BCUT2D eigenvalue weighted by atomic mass is 10.1. The van der Waals surface area contributed by atoms with Gasteiger partial charge in [-0.15, -0.1) is 11.3 Å². The second-order valence-corrected chi connectivity index (χ2v) is 6.45. The van der Waals surface area contributed by atoms with E-state index in [9.17, 15) is 4.79 Å². The molecule has 5 heteroatoms. The van der Waals surface area contributed by atoms with Crippen LogP contribution in [-0.2, 0) is 6.42 Å². The van der Waals surface area contributed by atoms with Crippen molar-refractivity contribution >= 4 is 49.0 Å². The maximum Gasteiger partial charge on any atom is 0.168 e. The molecule has 0 aliphatic rings. The van der Waals surface area contributed by atoms with E-state index >= 15 is 0 Å². The Kier molecular flexibility index (Phi) is 4.59. The first-order chi connectivity index (χ1) is 8.60. The summed E-state index contributed by atoms with van der Waals surface area (Å²) >= 11 is 8.35. The molecule has 0 saturated carbocycles. The third-order valence-corrected chi connectivity index (χ3v) is 4.75. The van der Waals surface area contributed by atoms with Crippen molar-refractivity contribution in [3.05, 3.63) is 49.0 Å². The summed E-state index contributed by atoms with van der Waals surface area (Å²) in [5.41, 5.74) is 0.687. The Morgan fingerprint density at radius 2 is 2.11 bits per heavy atom. The van der Waals surface area contributed by atoms with Crippen molar-refractivity contribution in [2.24, 2.45) is 0 Å². The SMILES string of the molecule is COc1ccc(C(=O)Cc2cc(Br)cs2)cc1Br. The van der Waals surface area contributed by atoms with Gasteiger partial charge in [0.25, 0.3) is 0 Å². The molecule has 94 valence electrons. The monoisotopic (exact) mass is 388 g/mol. The van der Waals surface area contributed by atoms with Crippen molar-refractivity contribution in [1.82, 2.24) is 0 Å². The van der Waals surface area contributed by atoms with Crippen LogP contribution in [0.2, 0.25) is 0 Å². The summed E-state index contributed by atoms with van der Waals surface area (Å²) in [6.45, 7) is 0. The number of hydrogen-bond acceptors (Lipinski definition) is 3. The summed E-state index contributed by atoms with van der Waals surface area (Å²) in [6.07, 6.45) is 0.426. The average molecular weight is 390 g/mol. The van der Waals surface area contributed by atoms with Crippen LogP contribution < -0.4 is 4.74 Å². The minimum Gasteiger partial charge on any atom is -0.496 e. The Morgan fingerprint density at radius 3 is 2.67 bits per heavy atom. The summed E-state index contributed by atoms with van der Waals surface area (Å²) < 4.78 is 6.95. The summed E-state index contributed by atoms with van der Waals surface area (Å²) in [7, 11) is 1.60. The number of carbonyl (C=O) groups is 1. The first kappa shape index (κ1) is 13.8. The van der Waals surface area contributed by atoms with Crippen LogP contribution in [0.25, 0.3) is 0 Å². The van der Waals surface area contributed by atoms with Crippen LogP contribution in [0.5, 0.6) is 5.75 Å². The molecule has 0 bridgehead atoms. The van der Waals surface area contributed by atoms with Crippen LogP contribution in [0.15, 0.2) is 38.6 Å². The Labute approximate surface area is 126 Å². The van der Waals surface area contributed by atoms with Crippen molar-refractivity contribution < 1.29 is 9.53 Å². The van der Waals surface area contributed by atoms with Crippen molar-refractivity contribution in [3.8, 4) is 5.75 Å². The summed E-state index contributed by atoms with van der Waals surface area (Å²) in [5, 5.41) is 1.98. The molecule has 0 aliphatic carbocycles. The topological polar surface area (TPSA) is 26.3 Å². The van der Waals surface area contributed by atoms with Gasteiger partial charge in [-0.2, -0.15) is 0 Å². The minimum absolute atomic E-state index is 0.104. The predicted octanol–water partition coefficient (Wildman–Crippen LogP) is 4.71. The first-order valence-corrected chi connectivity index (χ1v) is 7.66. The zero-order valence-electron chi connectivity index (χ0n) is 9.57. The highest BCUT2D eigenvalue weighted by atomic mass is 79.9. The lowest BCUT2D eigenvalue weighted by molar-refractivity contribution is 0.0993. The summed E-state index contributed by atoms with van der Waals surface area (Å²) in [4.78, 5) is 13.2. The highest BCUT2D eigenvalue weighted by Gasteiger charge is 2.11. The molecule has 0 unspecified atom stereocenters. The molecule has 18 heavy (non-hydrogen) atoms. The molecule has 0 aliphatic heterocycles. The van der Waals surface area contributed by atoms with Gasteiger partial charge in [-0.25, -0.2) is 0 Å². The van der Waals surface area contributed by atoms with Gasteiger partial charge >= 0.3 is 0 Å². The Balaban J connectivity index is 2.16. The van der Waals surface area contributed by atoms with Crippen molar-refractivity contribution in [3.63, 3.8) is 0 Å². The van der Waals surface area contributed by atoms with Gasteiger partial charge in [-0.1, -0.05) is 0 Å². The number of ketones is 1. The van der Waals surface area contributed by atoms with E-state index in [2.05, 4.69) is 31.9 Å². The molecule has 0 fully saturated rings. The van der Waals surface area contributed by atoms with Crippen molar-refractivity contribution in [1.29, 1.82) is 0 Å². The maximum atomic E-state index is 12.1. The number of rotatable bonds is 4. The number of methoxy groups -OCH3 is 1. The lowest BCUT2D eigenvalue weighted by Crippen LogP contribution is -2.02. The van der Waals surface area contributed by atoms with Crippen LogP contribution in [-0.4, -0.2) is 12.9 Å². The zero-order chi connectivity index (χ0) is 13.1. The van der Waals surface area contributed by atoms with Gasteiger partial charge in [0.2, 0.25) is 0 Å². The predicted molar refractivity (Wildman–Crippen MR) is 80.7 cm³/mol. The van der Waals surface area contributed by atoms with E-state index in [4.69, 9.17) is 4.74 Å². The van der Waals surface area contributed by atoms with Gasteiger partial charge < -0.3 is 4.74 Å². The highest BCUT2D eigenvalue weighted by Crippen LogP contribution is 2.27. The largest absolute Gasteiger partial charge is 0.496 e. The van der Waals surface area contributed by atoms with Gasteiger partial charge in [0.15, 0.2) is 5.78 Å².